The molecule has 3 aromatic heterocycles. The van der Waals surface area contributed by atoms with Crippen molar-refractivity contribution >= 4 is 27.3 Å². The molecular weight excluding hydrogens is 338 g/mol. The monoisotopic (exact) mass is 351 g/mol. The molecule has 6 heteroatoms. The van der Waals surface area contributed by atoms with Crippen molar-refractivity contribution in [3.8, 4) is 11.5 Å². The SMILES string of the molecule is Cc1ccc(-c2[nH]ncc2CNCc2ccc(Br)s2)o1. The molecule has 0 radical (unpaired) electrons. The third kappa shape index (κ3) is 3.03. The Morgan fingerprint density at radius 3 is 2.90 bits per heavy atom. The van der Waals surface area contributed by atoms with E-state index in [0.717, 1.165) is 39.7 Å². The second-order valence-electron chi connectivity index (χ2n) is 4.49. The number of aromatic amines is 1. The number of halogens is 1. The minimum Gasteiger partial charge on any atom is -0.460 e. The Balaban J connectivity index is 1.65. The van der Waals surface area contributed by atoms with E-state index in [1.807, 2.05) is 25.3 Å². The summed E-state index contributed by atoms with van der Waals surface area (Å²) < 4.78 is 6.79. The number of aryl methyl sites for hydroxylation is 1. The van der Waals surface area contributed by atoms with Gasteiger partial charge < -0.3 is 9.73 Å². The van der Waals surface area contributed by atoms with E-state index in [-0.39, 0.29) is 0 Å². The van der Waals surface area contributed by atoms with Crippen LogP contribution in [0.3, 0.4) is 0 Å². The van der Waals surface area contributed by atoms with Gasteiger partial charge in [-0.2, -0.15) is 5.10 Å². The summed E-state index contributed by atoms with van der Waals surface area (Å²) in [6.07, 6.45) is 1.84. The van der Waals surface area contributed by atoms with Gasteiger partial charge in [-0.05, 0) is 47.1 Å². The van der Waals surface area contributed by atoms with E-state index in [2.05, 4.69) is 43.6 Å². The van der Waals surface area contributed by atoms with Crippen molar-refractivity contribution in [2.75, 3.05) is 0 Å². The summed E-state index contributed by atoms with van der Waals surface area (Å²) in [7, 11) is 0. The number of thiophene rings is 1. The van der Waals surface area contributed by atoms with E-state index in [9.17, 15) is 0 Å². The van der Waals surface area contributed by atoms with E-state index in [1.54, 1.807) is 11.3 Å². The molecule has 4 nitrogen and oxygen atoms in total. The van der Waals surface area contributed by atoms with E-state index >= 15 is 0 Å². The Bertz CT molecular complexity index is 701. The summed E-state index contributed by atoms with van der Waals surface area (Å²) in [6.45, 7) is 3.53. The molecule has 0 saturated heterocycles. The Hall–Kier alpha value is -1.37. The normalized spacial score (nSPS) is 11.1. The molecule has 0 aromatic carbocycles. The van der Waals surface area contributed by atoms with Gasteiger partial charge >= 0.3 is 0 Å². The quantitative estimate of drug-likeness (QED) is 0.727. The Morgan fingerprint density at radius 2 is 2.20 bits per heavy atom. The molecule has 3 rings (SSSR count). The molecule has 0 bridgehead atoms. The number of aromatic nitrogens is 2. The van der Waals surface area contributed by atoms with Gasteiger partial charge in [-0.1, -0.05) is 0 Å². The molecule has 0 spiro atoms. The highest BCUT2D eigenvalue weighted by molar-refractivity contribution is 9.11. The van der Waals surface area contributed by atoms with E-state index in [4.69, 9.17) is 4.42 Å². The van der Waals surface area contributed by atoms with Crippen molar-refractivity contribution in [3.63, 3.8) is 0 Å². The number of nitrogens with one attached hydrogen (secondary N) is 2. The van der Waals surface area contributed by atoms with Gasteiger partial charge in [0, 0.05) is 23.5 Å². The minimum atomic E-state index is 0.751. The highest BCUT2D eigenvalue weighted by atomic mass is 79.9. The molecule has 0 aliphatic carbocycles. The first-order valence-electron chi connectivity index (χ1n) is 6.26. The van der Waals surface area contributed by atoms with E-state index in [0.29, 0.717) is 0 Å². The molecule has 3 aromatic rings. The van der Waals surface area contributed by atoms with Gasteiger partial charge in [0.05, 0.1) is 9.98 Å². The highest BCUT2D eigenvalue weighted by Gasteiger charge is 2.10. The largest absolute Gasteiger partial charge is 0.460 e. The van der Waals surface area contributed by atoms with Crippen LogP contribution in [0.1, 0.15) is 16.2 Å². The minimum absolute atomic E-state index is 0.751. The number of rotatable bonds is 5. The first-order chi connectivity index (χ1) is 9.72. The molecule has 0 amide bonds. The molecule has 2 N–H and O–H groups in total. The standard InChI is InChI=1S/C14H14BrN3OS/c1-9-2-4-12(19-9)14-10(7-17-18-14)6-16-8-11-3-5-13(15)20-11/h2-5,7,16H,6,8H2,1H3,(H,17,18). The lowest BCUT2D eigenvalue weighted by Gasteiger charge is -2.03. The number of H-pyrrole nitrogens is 1. The summed E-state index contributed by atoms with van der Waals surface area (Å²) in [5, 5.41) is 10.5. The van der Waals surface area contributed by atoms with Crippen molar-refractivity contribution in [1.29, 1.82) is 0 Å². The van der Waals surface area contributed by atoms with Gasteiger partial charge in [0.25, 0.3) is 0 Å². The van der Waals surface area contributed by atoms with Crippen LogP contribution in [0.4, 0.5) is 0 Å². The van der Waals surface area contributed by atoms with Gasteiger partial charge in [-0.3, -0.25) is 5.10 Å². The van der Waals surface area contributed by atoms with Crippen LogP contribution in [0.15, 0.2) is 38.7 Å². The van der Waals surface area contributed by atoms with Gasteiger partial charge in [0.15, 0.2) is 5.76 Å². The lowest BCUT2D eigenvalue weighted by atomic mass is 10.2. The van der Waals surface area contributed by atoms with Crippen LogP contribution in [-0.2, 0) is 13.1 Å². The van der Waals surface area contributed by atoms with Gasteiger partial charge in [-0.25, -0.2) is 0 Å². The third-order valence-corrected chi connectivity index (χ3v) is 4.57. The average molecular weight is 352 g/mol. The van der Waals surface area contributed by atoms with Crippen LogP contribution >= 0.6 is 27.3 Å². The third-order valence-electron chi connectivity index (χ3n) is 2.95. The maximum atomic E-state index is 5.63. The summed E-state index contributed by atoms with van der Waals surface area (Å²) in [5.41, 5.74) is 2.05. The number of hydrogen-bond acceptors (Lipinski definition) is 4. The average Bonchev–Trinajstić information content (AvgIpc) is 3.11. The molecule has 0 saturated carbocycles. The number of furan rings is 1. The fourth-order valence-corrected chi connectivity index (χ4v) is 3.45. The van der Waals surface area contributed by atoms with Crippen molar-refractivity contribution in [1.82, 2.24) is 15.5 Å². The summed E-state index contributed by atoms with van der Waals surface area (Å²) in [4.78, 5) is 1.30. The van der Waals surface area contributed by atoms with E-state index in [1.165, 1.54) is 4.88 Å². The summed E-state index contributed by atoms with van der Waals surface area (Å²) in [5.74, 6) is 1.73. The lowest BCUT2D eigenvalue weighted by Crippen LogP contribution is -2.11. The fraction of sp³-hybridized carbons (Fsp3) is 0.214. The maximum absolute atomic E-state index is 5.63. The Morgan fingerprint density at radius 1 is 1.30 bits per heavy atom. The first kappa shape index (κ1) is 13.6. The molecular formula is C14H14BrN3OS. The van der Waals surface area contributed by atoms with Crippen molar-refractivity contribution in [2.24, 2.45) is 0 Å². The number of hydrogen-bond donors (Lipinski definition) is 2. The second-order valence-corrected chi connectivity index (χ2v) is 7.04. The molecule has 0 atom stereocenters. The first-order valence-corrected chi connectivity index (χ1v) is 7.87. The predicted octanol–water partition coefficient (Wildman–Crippen LogP) is 4.09. The fourth-order valence-electron chi connectivity index (χ4n) is 1.99. The predicted molar refractivity (Wildman–Crippen MR) is 83.6 cm³/mol. The molecule has 0 aliphatic rings. The molecule has 104 valence electrons. The van der Waals surface area contributed by atoms with Crippen LogP contribution in [0, 0.1) is 6.92 Å². The van der Waals surface area contributed by atoms with Gasteiger partial charge in [-0.15, -0.1) is 11.3 Å². The maximum Gasteiger partial charge on any atom is 0.152 e. The molecule has 3 heterocycles. The van der Waals surface area contributed by atoms with Crippen LogP contribution in [0.2, 0.25) is 0 Å². The zero-order chi connectivity index (χ0) is 13.9. The van der Waals surface area contributed by atoms with Crippen molar-refractivity contribution < 1.29 is 4.42 Å². The molecule has 20 heavy (non-hydrogen) atoms. The van der Waals surface area contributed by atoms with Gasteiger partial charge in [0.1, 0.15) is 11.5 Å². The van der Waals surface area contributed by atoms with Crippen LogP contribution in [0.25, 0.3) is 11.5 Å². The molecule has 0 fully saturated rings. The molecule has 0 aliphatic heterocycles. The van der Waals surface area contributed by atoms with Crippen LogP contribution in [0.5, 0.6) is 0 Å². The summed E-state index contributed by atoms with van der Waals surface area (Å²) >= 11 is 5.21. The smallest absolute Gasteiger partial charge is 0.152 e. The number of nitrogens with zero attached hydrogens (tertiary/aromatic N) is 1. The van der Waals surface area contributed by atoms with Gasteiger partial charge in [0.2, 0.25) is 0 Å². The highest BCUT2D eigenvalue weighted by Crippen LogP contribution is 2.24. The molecule has 0 unspecified atom stereocenters. The summed E-state index contributed by atoms with van der Waals surface area (Å²) in [6, 6.07) is 8.10. The Labute approximate surface area is 129 Å². The zero-order valence-electron chi connectivity index (χ0n) is 10.9. The second kappa shape index (κ2) is 5.95. The lowest BCUT2D eigenvalue weighted by molar-refractivity contribution is 0.545. The Kier molecular flexibility index (Phi) is 4.05. The van der Waals surface area contributed by atoms with Crippen LogP contribution < -0.4 is 5.32 Å². The van der Waals surface area contributed by atoms with Crippen molar-refractivity contribution in [3.05, 3.63) is 50.4 Å². The van der Waals surface area contributed by atoms with Crippen molar-refractivity contribution in [2.45, 2.75) is 20.0 Å². The zero-order valence-corrected chi connectivity index (χ0v) is 13.3. The van der Waals surface area contributed by atoms with Crippen LogP contribution in [-0.4, -0.2) is 10.2 Å². The van der Waals surface area contributed by atoms with E-state index < -0.39 is 0 Å². The topological polar surface area (TPSA) is 53.9 Å².